The minimum absolute atomic E-state index is 0.266. The van der Waals surface area contributed by atoms with Crippen LogP contribution < -0.4 is 5.32 Å². The van der Waals surface area contributed by atoms with Gasteiger partial charge in [-0.25, -0.2) is 19.3 Å². The van der Waals surface area contributed by atoms with Crippen molar-refractivity contribution < 1.29 is 4.39 Å². The molecule has 20 heavy (non-hydrogen) atoms. The lowest BCUT2D eigenvalue weighted by atomic mass is 10.2. The van der Waals surface area contributed by atoms with Crippen molar-refractivity contribution in [1.29, 1.82) is 0 Å². The highest BCUT2D eigenvalue weighted by Gasteiger charge is 2.12. The maximum atomic E-state index is 13.8. The lowest BCUT2D eigenvalue weighted by Gasteiger charge is -2.07. The second-order valence-corrected chi connectivity index (χ2v) is 4.62. The zero-order valence-corrected chi connectivity index (χ0v) is 11.4. The smallest absolute Gasteiger partial charge is 0.165 e. The van der Waals surface area contributed by atoms with Gasteiger partial charge in [-0.05, 0) is 12.1 Å². The van der Waals surface area contributed by atoms with Crippen molar-refractivity contribution in [3.63, 3.8) is 0 Å². The number of imidazole rings is 1. The molecular formula is C13H11ClFN5. The maximum absolute atomic E-state index is 13.8. The van der Waals surface area contributed by atoms with Gasteiger partial charge in [0.05, 0.1) is 12.9 Å². The van der Waals surface area contributed by atoms with Crippen LogP contribution >= 0.6 is 11.6 Å². The summed E-state index contributed by atoms with van der Waals surface area (Å²) in [7, 11) is 1.76. The van der Waals surface area contributed by atoms with Crippen LogP contribution in [-0.4, -0.2) is 26.6 Å². The highest BCUT2D eigenvalue weighted by molar-refractivity contribution is 6.31. The molecule has 0 bridgehead atoms. The van der Waals surface area contributed by atoms with E-state index >= 15 is 0 Å². The predicted molar refractivity (Wildman–Crippen MR) is 75.4 cm³/mol. The van der Waals surface area contributed by atoms with E-state index in [-0.39, 0.29) is 12.4 Å². The van der Waals surface area contributed by atoms with Crippen LogP contribution in [0.1, 0.15) is 5.56 Å². The van der Waals surface area contributed by atoms with E-state index in [2.05, 4.69) is 20.3 Å². The largest absolute Gasteiger partial charge is 0.371 e. The number of benzene rings is 1. The first-order valence-corrected chi connectivity index (χ1v) is 6.35. The Morgan fingerprint density at radius 3 is 2.90 bits per heavy atom. The Kier molecular flexibility index (Phi) is 3.23. The van der Waals surface area contributed by atoms with Gasteiger partial charge in [0.15, 0.2) is 11.5 Å². The molecule has 0 spiro atoms. The molecular weight excluding hydrogens is 281 g/mol. The topological polar surface area (TPSA) is 55.6 Å². The van der Waals surface area contributed by atoms with Crippen LogP contribution in [-0.2, 0) is 6.54 Å². The summed E-state index contributed by atoms with van der Waals surface area (Å²) < 4.78 is 15.6. The van der Waals surface area contributed by atoms with E-state index in [0.29, 0.717) is 27.6 Å². The molecule has 3 rings (SSSR count). The molecule has 0 aliphatic rings. The van der Waals surface area contributed by atoms with E-state index in [9.17, 15) is 4.39 Å². The van der Waals surface area contributed by atoms with E-state index in [0.717, 1.165) is 0 Å². The number of nitrogens with zero attached hydrogens (tertiary/aromatic N) is 4. The fraction of sp³-hybridized carbons (Fsp3) is 0.154. The summed E-state index contributed by atoms with van der Waals surface area (Å²) in [6, 6.07) is 4.62. The first-order valence-electron chi connectivity index (χ1n) is 5.97. The second-order valence-electron chi connectivity index (χ2n) is 4.22. The average Bonchev–Trinajstić information content (AvgIpc) is 2.86. The van der Waals surface area contributed by atoms with Crippen LogP contribution in [0.2, 0.25) is 5.02 Å². The number of halogens is 2. The standard InChI is InChI=1S/C13H11ClFN5/c1-16-12-11-13(18-6-17-12)20(7-19-11)5-8-9(14)3-2-4-10(8)15/h2-4,6-7H,5H2,1H3,(H,16,17,18). The van der Waals surface area contributed by atoms with E-state index in [4.69, 9.17) is 11.6 Å². The van der Waals surface area contributed by atoms with Crippen molar-refractivity contribution in [2.24, 2.45) is 0 Å². The third-order valence-electron chi connectivity index (χ3n) is 3.03. The second kappa shape index (κ2) is 5.05. The van der Waals surface area contributed by atoms with Gasteiger partial charge in [0.25, 0.3) is 0 Å². The van der Waals surface area contributed by atoms with Crippen molar-refractivity contribution in [2.75, 3.05) is 12.4 Å². The van der Waals surface area contributed by atoms with Crippen LogP contribution in [0.25, 0.3) is 11.2 Å². The third-order valence-corrected chi connectivity index (χ3v) is 3.38. The van der Waals surface area contributed by atoms with Crippen LogP contribution in [0.4, 0.5) is 10.2 Å². The molecule has 0 unspecified atom stereocenters. The van der Waals surface area contributed by atoms with Gasteiger partial charge in [-0.3, -0.25) is 0 Å². The minimum atomic E-state index is -0.345. The summed E-state index contributed by atoms with van der Waals surface area (Å²) in [6.45, 7) is 0.266. The number of nitrogens with one attached hydrogen (secondary N) is 1. The Hall–Kier alpha value is -2.21. The number of rotatable bonds is 3. The summed E-state index contributed by atoms with van der Waals surface area (Å²) in [5.74, 6) is 0.288. The molecule has 0 amide bonds. The Morgan fingerprint density at radius 1 is 1.30 bits per heavy atom. The fourth-order valence-corrected chi connectivity index (χ4v) is 2.26. The molecule has 0 aliphatic heterocycles. The Bertz CT molecular complexity index is 750. The van der Waals surface area contributed by atoms with Gasteiger partial charge < -0.3 is 9.88 Å². The molecule has 0 atom stereocenters. The Balaban J connectivity index is 2.08. The number of hydrogen-bond donors (Lipinski definition) is 1. The van der Waals surface area contributed by atoms with Gasteiger partial charge in [-0.1, -0.05) is 17.7 Å². The number of hydrogen-bond acceptors (Lipinski definition) is 4. The molecule has 7 heteroatoms. The highest BCUT2D eigenvalue weighted by atomic mass is 35.5. The van der Waals surface area contributed by atoms with Gasteiger partial charge in [0.1, 0.15) is 17.7 Å². The van der Waals surface area contributed by atoms with E-state index in [1.807, 2.05) is 0 Å². The zero-order chi connectivity index (χ0) is 14.1. The summed E-state index contributed by atoms with van der Waals surface area (Å²) in [6.07, 6.45) is 3.04. The fourth-order valence-electron chi connectivity index (χ4n) is 2.03. The number of aromatic nitrogens is 4. The summed E-state index contributed by atoms with van der Waals surface area (Å²) in [5.41, 5.74) is 1.68. The molecule has 2 heterocycles. The van der Waals surface area contributed by atoms with E-state index in [1.165, 1.54) is 12.4 Å². The third kappa shape index (κ3) is 2.08. The van der Waals surface area contributed by atoms with Gasteiger partial charge in [-0.15, -0.1) is 0 Å². The van der Waals surface area contributed by atoms with Gasteiger partial charge >= 0.3 is 0 Å². The van der Waals surface area contributed by atoms with Crippen molar-refractivity contribution in [1.82, 2.24) is 19.5 Å². The van der Waals surface area contributed by atoms with E-state index < -0.39 is 0 Å². The van der Waals surface area contributed by atoms with Crippen molar-refractivity contribution in [2.45, 2.75) is 6.54 Å². The van der Waals surface area contributed by atoms with Crippen LogP contribution in [0, 0.1) is 5.82 Å². The molecule has 1 N–H and O–H groups in total. The Morgan fingerprint density at radius 2 is 2.15 bits per heavy atom. The maximum Gasteiger partial charge on any atom is 0.165 e. The highest BCUT2D eigenvalue weighted by Crippen LogP contribution is 2.23. The van der Waals surface area contributed by atoms with Gasteiger partial charge in [0, 0.05) is 17.6 Å². The monoisotopic (exact) mass is 291 g/mol. The average molecular weight is 292 g/mol. The Labute approximate surface area is 119 Å². The SMILES string of the molecule is CNc1ncnc2c1ncn2Cc1c(F)cccc1Cl. The molecule has 0 fully saturated rings. The number of fused-ring (bicyclic) bond motifs is 1. The molecule has 2 aromatic heterocycles. The summed E-state index contributed by atoms with van der Waals surface area (Å²) in [5, 5.41) is 3.33. The molecule has 0 radical (unpaired) electrons. The van der Waals surface area contributed by atoms with Crippen molar-refractivity contribution >= 4 is 28.6 Å². The van der Waals surface area contributed by atoms with Crippen molar-refractivity contribution in [3.8, 4) is 0 Å². The summed E-state index contributed by atoms with van der Waals surface area (Å²) >= 11 is 6.04. The van der Waals surface area contributed by atoms with Crippen molar-refractivity contribution in [3.05, 3.63) is 47.3 Å². The summed E-state index contributed by atoms with van der Waals surface area (Å²) in [4.78, 5) is 12.5. The normalized spacial score (nSPS) is 10.9. The number of anilines is 1. The molecule has 3 aromatic rings. The zero-order valence-electron chi connectivity index (χ0n) is 10.6. The molecule has 0 aliphatic carbocycles. The molecule has 5 nitrogen and oxygen atoms in total. The first kappa shape index (κ1) is 12.8. The molecule has 102 valence electrons. The quantitative estimate of drug-likeness (QED) is 0.806. The van der Waals surface area contributed by atoms with Crippen LogP contribution in [0.15, 0.2) is 30.9 Å². The molecule has 0 saturated heterocycles. The van der Waals surface area contributed by atoms with Crippen LogP contribution in [0.5, 0.6) is 0 Å². The lowest BCUT2D eigenvalue weighted by molar-refractivity contribution is 0.601. The molecule has 0 saturated carbocycles. The lowest BCUT2D eigenvalue weighted by Crippen LogP contribution is -2.03. The van der Waals surface area contributed by atoms with Gasteiger partial charge in [-0.2, -0.15) is 0 Å². The van der Waals surface area contributed by atoms with E-state index in [1.54, 1.807) is 30.1 Å². The predicted octanol–water partition coefficient (Wildman–Crippen LogP) is 2.71. The van der Waals surface area contributed by atoms with Gasteiger partial charge in [0.2, 0.25) is 0 Å². The molecule has 1 aromatic carbocycles. The first-order chi connectivity index (χ1) is 9.70. The van der Waals surface area contributed by atoms with Crippen LogP contribution in [0.3, 0.4) is 0 Å². The minimum Gasteiger partial charge on any atom is -0.371 e.